The fourth-order valence-electron chi connectivity index (χ4n) is 3.65. The second kappa shape index (κ2) is 10.4. The molecule has 5 nitrogen and oxygen atoms in total. The van der Waals surface area contributed by atoms with Crippen molar-refractivity contribution in [1.29, 1.82) is 0 Å². The van der Waals surface area contributed by atoms with Gasteiger partial charge in [-0.3, -0.25) is 9.69 Å². The molecule has 1 fully saturated rings. The van der Waals surface area contributed by atoms with Crippen LogP contribution >= 0.6 is 22.9 Å². The number of carbonyl (C=O) groups is 1. The van der Waals surface area contributed by atoms with Crippen molar-refractivity contribution < 1.29 is 4.79 Å². The molecule has 2 heterocycles. The molecule has 31 heavy (non-hydrogen) atoms. The van der Waals surface area contributed by atoms with E-state index in [1.807, 2.05) is 29.6 Å². The zero-order chi connectivity index (χ0) is 21.6. The maximum absolute atomic E-state index is 12.3. The van der Waals surface area contributed by atoms with Gasteiger partial charge < -0.3 is 10.2 Å². The second-order valence-electron chi connectivity index (χ2n) is 7.97. The summed E-state index contributed by atoms with van der Waals surface area (Å²) in [6, 6.07) is 16.1. The van der Waals surface area contributed by atoms with E-state index in [1.54, 1.807) is 11.3 Å². The largest absolute Gasteiger partial charge is 0.352 e. The van der Waals surface area contributed by atoms with Crippen LogP contribution in [0.15, 0.2) is 53.9 Å². The number of hydrogen-bond donors (Lipinski definition) is 1. The van der Waals surface area contributed by atoms with E-state index in [9.17, 15) is 4.79 Å². The third kappa shape index (κ3) is 6.14. The van der Waals surface area contributed by atoms with Crippen molar-refractivity contribution in [3.8, 4) is 10.6 Å². The maximum Gasteiger partial charge on any atom is 0.226 e. The van der Waals surface area contributed by atoms with Crippen LogP contribution in [0.3, 0.4) is 0 Å². The van der Waals surface area contributed by atoms with Gasteiger partial charge in [-0.25, -0.2) is 4.98 Å². The predicted octanol–water partition coefficient (Wildman–Crippen LogP) is 4.07. The average Bonchev–Trinajstić information content (AvgIpc) is 3.23. The van der Waals surface area contributed by atoms with Crippen LogP contribution in [0.5, 0.6) is 0 Å². The molecule has 1 aromatic heterocycles. The first kappa shape index (κ1) is 22.0. The topological polar surface area (TPSA) is 48.5 Å². The molecule has 3 aromatic rings. The Morgan fingerprint density at radius 2 is 1.94 bits per heavy atom. The molecule has 0 bridgehead atoms. The number of thiazole rings is 1. The summed E-state index contributed by atoms with van der Waals surface area (Å²) < 4.78 is 0. The summed E-state index contributed by atoms with van der Waals surface area (Å²) >= 11 is 7.74. The van der Waals surface area contributed by atoms with Crippen molar-refractivity contribution >= 4 is 28.8 Å². The molecule has 0 spiro atoms. The van der Waals surface area contributed by atoms with Crippen LogP contribution in [0.25, 0.3) is 10.6 Å². The Hall–Kier alpha value is -2.25. The Kier molecular flexibility index (Phi) is 7.35. The summed E-state index contributed by atoms with van der Waals surface area (Å²) in [5.41, 5.74) is 4.12. The van der Waals surface area contributed by atoms with Gasteiger partial charge in [0.1, 0.15) is 5.01 Å². The molecule has 0 radical (unpaired) electrons. The Morgan fingerprint density at radius 1 is 1.13 bits per heavy atom. The van der Waals surface area contributed by atoms with Gasteiger partial charge in [0, 0.05) is 55.2 Å². The molecule has 1 aliphatic rings. The van der Waals surface area contributed by atoms with Crippen LogP contribution in [0.1, 0.15) is 16.8 Å². The number of amides is 1. The number of piperazine rings is 1. The van der Waals surface area contributed by atoms with Crippen molar-refractivity contribution in [1.82, 2.24) is 20.1 Å². The molecule has 1 N–H and O–H groups in total. The summed E-state index contributed by atoms with van der Waals surface area (Å²) in [5, 5.41) is 6.51. The molecular weight excluding hydrogens is 428 g/mol. The second-order valence-corrected chi connectivity index (χ2v) is 9.23. The lowest BCUT2D eigenvalue weighted by atomic mass is 10.1. The number of nitrogens with one attached hydrogen (secondary N) is 1. The molecule has 1 saturated heterocycles. The molecule has 1 aliphatic heterocycles. The Labute approximate surface area is 192 Å². The molecule has 0 atom stereocenters. The van der Waals surface area contributed by atoms with Gasteiger partial charge in [0.25, 0.3) is 0 Å². The highest BCUT2D eigenvalue weighted by Gasteiger charge is 2.15. The molecule has 2 aromatic carbocycles. The first-order valence-corrected chi connectivity index (χ1v) is 11.8. The van der Waals surface area contributed by atoms with Crippen molar-refractivity contribution in [2.75, 3.05) is 33.2 Å². The number of halogens is 1. The van der Waals surface area contributed by atoms with Crippen LogP contribution in [0.4, 0.5) is 0 Å². The van der Waals surface area contributed by atoms with E-state index < -0.39 is 0 Å². The first-order chi connectivity index (χ1) is 15.1. The zero-order valence-electron chi connectivity index (χ0n) is 17.7. The van der Waals surface area contributed by atoms with Gasteiger partial charge in [0.15, 0.2) is 0 Å². The molecule has 1 amide bonds. The number of likely N-dealkylation sites (N-methyl/N-ethyl adjacent to an activating group) is 1. The Balaban J connectivity index is 1.34. The van der Waals surface area contributed by atoms with Gasteiger partial charge in [-0.15, -0.1) is 11.3 Å². The van der Waals surface area contributed by atoms with Crippen LogP contribution in [0.2, 0.25) is 5.02 Å². The van der Waals surface area contributed by atoms with E-state index >= 15 is 0 Å². The smallest absolute Gasteiger partial charge is 0.226 e. The Bertz CT molecular complexity index is 1030. The highest BCUT2D eigenvalue weighted by Crippen LogP contribution is 2.25. The number of rotatable bonds is 7. The fraction of sp³-hybridized carbons (Fsp3) is 0.333. The van der Waals surface area contributed by atoms with Crippen LogP contribution in [0, 0.1) is 0 Å². The highest BCUT2D eigenvalue weighted by atomic mass is 35.5. The summed E-state index contributed by atoms with van der Waals surface area (Å²) in [4.78, 5) is 21.9. The minimum atomic E-state index is -0.0550. The molecular formula is C24H27ClN4OS. The minimum absolute atomic E-state index is 0.0550. The maximum atomic E-state index is 12.3. The third-order valence-corrected chi connectivity index (χ3v) is 6.81. The lowest BCUT2D eigenvalue weighted by Gasteiger charge is -2.32. The third-order valence-electron chi connectivity index (χ3n) is 5.50. The van der Waals surface area contributed by atoms with Gasteiger partial charge in [-0.2, -0.15) is 0 Å². The number of benzene rings is 2. The van der Waals surface area contributed by atoms with Crippen molar-refractivity contribution in [2.45, 2.75) is 19.5 Å². The van der Waals surface area contributed by atoms with Gasteiger partial charge in [0.05, 0.1) is 12.1 Å². The summed E-state index contributed by atoms with van der Waals surface area (Å²) in [5.74, 6) is -0.0550. The van der Waals surface area contributed by atoms with E-state index in [4.69, 9.17) is 16.6 Å². The highest BCUT2D eigenvalue weighted by molar-refractivity contribution is 7.13. The number of carbonyl (C=O) groups excluding carboxylic acids is 1. The van der Waals surface area contributed by atoms with E-state index in [0.29, 0.717) is 11.6 Å². The predicted molar refractivity (Wildman–Crippen MR) is 127 cm³/mol. The van der Waals surface area contributed by atoms with Crippen molar-refractivity contribution in [3.05, 3.63) is 75.8 Å². The monoisotopic (exact) mass is 454 g/mol. The van der Waals surface area contributed by atoms with E-state index in [0.717, 1.165) is 54.6 Å². The van der Waals surface area contributed by atoms with E-state index in [-0.39, 0.29) is 12.3 Å². The quantitative estimate of drug-likeness (QED) is 0.584. The number of aromatic nitrogens is 1. The normalized spacial score (nSPS) is 15.2. The van der Waals surface area contributed by atoms with Crippen molar-refractivity contribution in [2.24, 2.45) is 0 Å². The molecule has 0 aliphatic carbocycles. The number of hydrogen-bond acceptors (Lipinski definition) is 5. The summed E-state index contributed by atoms with van der Waals surface area (Å²) in [6.45, 7) is 5.83. The average molecular weight is 455 g/mol. The molecule has 7 heteroatoms. The van der Waals surface area contributed by atoms with Gasteiger partial charge in [0.2, 0.25) is 5.91 Å². The lowest BCUT2D eigenvalue weighted by molar-refractivity contribution is -0.120. The lowest BCUT2D eigenvalue weighted by Crippen LogP contribution is -2.43. The SMILES string of the molecule is CN1CCN(Cc2cccc(-c3nc(CC(=O)NCc4ccccc4Cl)cs3)c2)CC1. The molecule has 0 unspecified atom stereocenters. The van der Waals surface area contributed by atoms with E-state index in [1.165, 1.54) is 5.56 Å². The van der Waals surface area contributed by atoms with E-state index in [2.05, 4.69) is 46.4 Å². The molecule has 0 saturated carbocycles. The van der Waals surface area contributed by atoms with Gasteiger partial charge in [-0.1, -0.05) is 48.0 Å². The minimum Gasteiger partial charge on any atom is -0.352 e. The zero-order valence-corrected chi connectivity index (χ0v) is 19.3. The summed E-state index contributed by atoms with van der Waals surface area (Å²) in [7, 11) is 2.18. The molecule has 162 valence electrons. The van der Waals surface area contributed by atoms with Crippen LogP contribution in [-0.2, 0) is 24.3 Å². The first-order valence-electron chi connectivity index (χ1n) is 10.5. The van der Waals surface area contributed by atoms with Crippen LogP contribution < -0.4 is 5.32 Å². The van der Waals surface area contributed by atoms with Gasteiger partial charge in [-0.05, 0) is 30.3 Å². The van der Waals surface area contributed by atoms with Crippen molar-refractivity contribution in [3.63, 3.8) is 0 Å². The number of nitrogens with zero attached hydrogens (tertiary/aromatic N) is 3. The van der Waals surface area contributed by atoms with Crippen LogP contribution in [-0.4, -0.2) is 53.9 Å². The fourth-order valence-corrected chi connectivity index (χ4v) is 4.67. The summed E-state index contributed by atoms with van der Waals surface area (Å²) in [6.07, 6.45) is 0.266. The Morgan fingerprint density at radius 3 is 2.74 bits per heavy atom. The standard InChI is InChI=1S/C24H27ClN4OS/c1-28-9-11-29(12-10-28)16-18-5-4-7-19(13-18)24-27-21(17-31-24)14-23(30)26-15-20-6-2-3-8-22(20)25/h2-8,13,17H,9-12,14-16H2,1H3,(H,26,30). The molecule has 4 rings (SSSR count). The van der Waals surface area contributed by atoms with Gasteiger partial charge >= 0.3 is 0 Å².